The smallest absolute Gasteiger partial charge is 0.319 e. The molecule has 2 N–H and O–H groups in total. The summed E-state index contributed by atoms with van der Waals surface area (Å²) in [6.07, 6.45) is 0. The lowest BCUT2D eigenvalue weighted by Crippen LogP contribution is -2.47. The second-order valence-electron chi connectivity index (χ2n) is 3.71. The van der Waals surface area contributed by atoms with E-state index < -0.39 is 18.0 Å². The van der Waals surface area contributed by atoms with Crippen molar-refractivity contribution in [3.63, 3.8) is 0 Å². The zero-order valence-electron chi connectivity index (χ0n) is 9.56. The van der Waals surface area contributed by atoms with Crippen molar-refractivity contribution in [3.05, 3.63) is 18.2 Å². The zero-order chi connectivity index (χ0) is 13.1. The maximum absolute atomic E-state index is 11.4. The number of rotatable bonds is 3. The van der Waals surface area contributed by atoms with E-state index in [2.05, 4.69) is 10.6 Å². The molecule has 1 atom stereocenters. The molecule has 0 radical (unpaired) electrons. The van der Waals surface area contributed by atoms with Crippen LogP contribution in [-0.4, -0.2) is 24.8 Å². The molecule has 1 aromatic rings. The number of carbonyl (C=O) groups is 2. The third-order valence-electron chi connectivity index (χ3n) is 2.33. The first-order valence-electron chi connectivity index (χ1n) is 5.24. The number of amides is 2. The van der Waals surface area contributed by atoms with E-state index in [-0.39, 0.29) is 6.79 Å². The Balaban J connectivity index is 1.97. The summed E-state index contributed by atoms with van der Waals surface area (Å²) >= 11 is 0. The van der Waals surface area contributed by atoms with Gasteiger partial charge in [0, 0.05) is 11.8 Å². The first kappa shape index (κ1) is 12.0. The van der Waals surface area contributed by atoms with Gasteiger partial charge in [-0.1, -0.05) is 0 Å². The van der Waals surface area contributed by atoms with E-state index in [0.29, 0.717) is 17.2 Å². The fourth-order valence-electron chi connectivity index (χ4n) is 1.40. The molecule has 0 saturated carbocycles. The van der Waals surface area contributed by atoms with Crippen molar-refractivity contribution < 1.29 is 24.2 Å². The van der Waals surface area contributed by atoms with Crippen LogP contribution in [-0.2, 0) is 4.79 Å². The molecule has 1 aliphatic heterocycles. The molecule has 7 heteroatoms. The van der Waals surface area contributed by atoms with Crippen molar-refractivity contribution in [3.8, 4) is 11.5 Å². The number of carbonyl (C=O) groups excluding carboxylic acids is 2. The topological polar surface area (TPSA) is 99.7 Å². The number of ether oxygens (including phenoxy) is 2. The van der Waals surface area contributed by atoms with Crippen molar-refractivity contribution in [1.29, 1.82) is 0 Å². The predicted molar refractivity (Wildman–Crippen MR) is 59.2 cm³/mol. The van der Waals surface area contributed by atoms with Crippen LogP contribution in [0.5, 0.6) is 11.5 Å². The summed E-state index contributed by atoms with van der Waals surface area (Å²) in [5, 5.41) is 15.1. The molecule has 2 rings (SSSR count). The number of anilines is 1. The Morgan fingerprint density at radius 2 is 2.06 bits per heavy atom. The molecule has 18 heavy (non-hydrogen) atoms. The minimum atomic E-state index is -1.35. The van der Waals surface area contributed by atoms with Gasteiger partial charge in [0.25, 0.3) is 0 Å². The number of nitrogens with one attached hydrogen (secondary N) is 2. The first-order chi connectivity index (χ1) is 8.56. The normalized spacial score (nSPS) is 13.8. The predicted octanol–water partition coefficient (Wildman–Crippen LogP) is -0.325. The quantitative estimate of drug-likeness (QED) is 0.766. The molecule has 1 heterocycles. The molecular formula is C11H11N2O5-. The Kier molecular flexibility index (Phi) is 3.22. The number of carboxylic acids is 1. The van der Waals surface area contributed by atoms with Crippen LogP contribution < -0.4 is 25.2 Å². The van der Waals surface area contributed by atoms with E-state index in [4.69, 9.17) is 9.47 Å². The number of urea groups is 1. The van der Waals surface area contributed by atoms with E-state index >= 15 is 0 Å². The zero-order valence-corrected chi connectivity index (χ0v) is 9.56. The van der Waals surface area contributed by atoms with Gasteiger partial charge < -0.3 is 30.0 Å². The molecule has 0 aliphatic carbocycles. The van der Waals surface area contributed by atoms with Gasteiger partial charge in [-0.25, -0.2) is 4.79 Å². The Hall–Kier alpha value is -2.44. The van der Waals surface area contributed by atoms with Crippen molar-refractivity contribution >= 4 is 17.7 Å². The van der Waals surface area contributed by atoms with Gasteiger partial charge in [-0.2, -0.15) is 0 Å². The number of hydrogen-bond acceptors (Lipinski definition) is 5. The fourth-order valence-corrected chi connectivity index (χ4v) is 1.40. The van der Waals surface area contributed by atoms with Crippen LogP contribution in [0.2, 0.25) is 0 Å². The highest BCUT2D eigenvalue weighted by atomic mass is 16.7. The Bertz CT molecular complexity index is 488. The van der Waals surface area contributed by atoms with E-state index in [1.165, 1.54) is 6.92 Å². The summed E-state index contributed by atoms with van der Waals surface area (Å²) in [5.74, 6) is -0.222. The van der Waals surface area contributed by atoms with Crippen LogP contribution in [0.15, 0.2) is 18.2 Å². The minimum absolute atomic E-state index is 0.146. The average molecular weight is 251 g/mol. The largest absolute Gasteiger partial charge is 0.548 e. The first-order valence-corrected chi connectivity index (χ1v) is 5.24. The average Bonchev–Trinajstić information content (AvgIpc) is 2.75. The molecule has 96 valence electrons. The molecule has 0 spiro atoms. The monoisotopic (exact) mass is 251 g/mol. The molecule has 0 fully saturated rings. The molecule has 0 bridgehead atoms. The Morgan fingerprint density at radius 1 is 1.33 bits per heavy atom. The van der Waals surface area contributed by atoms with E-state index in [9.17, 15) is 14.7 Å². The third kappa shape index (κ3) is 2.62. The maximum atomic E-state index is 11.4. The van der Waals surface area contributed by atoms with Crippen LogP contribution in [0.3, 0.4) is 0 Å². The lowest BCUT2D eigenvalue weighted by molar-refractivity contribution is -0.307. The SMILES string of the molecule is C[C@H](NC(=O)Nc1ccc2c(c1)OCO2)C(=O)[O-]. The number of carboxylic acid groups (broad SMARTS) is 1. The van der Waals surface area contributed by atoms with E-state index in [1.54, 1.807) is 18.2 Å². The summed E-state index contributed by atoms with van der Waals surface area (Å²) < 4.78 is 10.3. The second kappa shape index (κ2) is 4.82. The molecule has 0 aromatic heterocycles. The standard InChI is InChI=1S/C11H12N2O5/c1-6(10(14)15)12-11(16)13-7-2-3-8-9(4-7)18-5-17-8/h2-4,6H,5H2,1H3,(H,14,15)(H2,12,13,16)/p-1/t6-/m0/s1. The van der Waals surface area contributed by atoms with Gasteiger partial charge in [-0.3, -0.25) is 0 Å². The van der Waals surface area contributed by atoms with Crippen molar-refractivity contribution in [2.75, 3.05) is 12.1 Å². The molecule has 1 aliphatic rings. The van der Waals surface area contributed by atoms with Crippen LogP contribution in [0, 0.1) is 0 Å². The fraction of sp³-hybridized carbons (Fsp3) is 0.273. The summed E-state index contributed by atoms with van der Waals surface area (Å²) in [6, 6.07) is 3.16. The van der Waals surface area contributed by atoms with Gasteiger partial charge in [0.05, 0.1) is 12.0 Å². The van der Waals surface area contributed by atoms with Gasteiger partial charge >= 0.3 is 6.03 Å². The van der Waals surface area contributed by atoms with E-state index in [0.717, 1.165) is 0 Å². The molecule has 7 nitrogen and oxygen atoms in total. The molecular weight excluding hydrogens is 240 g/mol. The molecule has 1 aromatic carbocycles. The summed E-state index contributed by atoms with van der Waals surface area (Å²) in [5.41, 5.74) is 0.474. The van der Waals surface area contributed by atoms with Crippen molar-refractivity contribution in [2.24, 2.45) is 0 Å². The van der Waals surface area contributed by atoms with Crippen LogP contribution >= 0.6 is 0 Å². The van der Waals surface area contributed by atoms with Gasteiger partial charge in [-0.15, -0.1) is 0 Å². The lowest BCUT2D eigenvalue weighted by Gasteiger charge is -2.15. The van der Waals surface area contributed by atoms with Crippen LogP contribution in [0.4, 0.5) is 10.5 Å². The number of benzene rings is 1. The number of hydrogen-bond donors (Lipinski definition) is 2. The van der Waals surface area contributed by atoms with E-state index in [1.807, 2.05) is 0 Å². The summed E-state index contributed by atoms with van der Waals surface area (Å²) in [6.45, 7) is 1.46. The highest BCUT2D eigenvalue weighted by molar-refractivity contribution is 5.92. The highest BCUT2D eigenvalue weighted by Crippen LogP contribution is 2.34. The number of aliphatic carboxylic acids is 1. The molecule has 0 saturated heterocycles. The summed E-state index contributed by atoms with van der Waals surface area (Å²) in [4.78, 5) is 21.9. The molecule has 0 unspecified atom stereocenters. The van der Waals surface area contributed by atoms with Crippen molar-refractivity contribution in [2.45, 2.75) is 13.0 Å². The van der Waals surface area contributed by atoms with Gasteiger partial charge in [0.2, 0.25) is 6.79 Å². The van der Waals surface area contributed by atoms with Crippen LogP contribution in [0.1, 0.15) is 6.92 Å². The van der Waals surface area contributed by atoms with Crippen LogP contribution in [0.25, 0.3) is 0 Å². The Labute approximate surface area is 103 Å². The van der Waals surface area contributed by atoms with Gasteiger partial charge in [0.1, 0.15) is 0 Å². The number of fused-ring (bicyclic) bond motifs is 1. The Morgan fingerprint density at radius 3 is 2.78 bits per heavy atom. The summed E-state index contributed by atoms with van der Waals surface area (Å²) in [7, 11) is 0. The maximum Gasteiger partial charge on any atom is 0.319 e. The lowest BCUT2D eigenvalue weighted by atomic mass is 10.3. The van der Waals surface area contributed by atoms with Gasteiger partial charge in [0.15, 0.2) is 11.5 Å². The second-order valence-corrected chi connectivity index (χ2v) is 3.71. The minimum Gasteiger partial charge on any atom is -0.548 e. The van der Waals surface area contributed by atoms with Gasteiger partial charge in [-0.05, 0) is 19.1 Å². The highest BCUT2D eigenvalue weighted by Gasteiger charge is 2.14. The third-order valence-corrected chi connectivity index (χ3v) is 2.33. The molecule has 2 amide bonds. The van der Waals surface area contributed by atoms with Crippen molar-refractivity contribution in [1.82, 2.24) is 5.32 Å².